The largest absolute Gasteiger partial charge is 0.493 e. The topological polar surface area (TPSA) is 120 Å². The van der Waals surface area contributed by atoms with Crippen LogP contribution in [-0.4, -0.2) is 53.3 Å². The van der Waals surface area contributed by atoms with E-state index in [2.05, 4.69) is 6.07 Å². The van der Waals surface area contributed by atoms with Gasteiger partial charge in [-0.2, -0.15) is 5.26 Å². The van der Waals surface area contributed by atoms with Crippen molar-refractivity contribution in [1.29, 1.82) is 5.26 Å². The van der Waals surface area contributed by atoms with E-state index in [1.54, 1.807) is 36.1 Å². The van der Waals surface area contributed by atoms with Gasteiger partial charge >= 0.3 is 0 Å². The Labute approximate surface area is 236 Å². The lowest BCUT2D eigenvalue weighted by Gasteiger charge is -2.33. The molecule has 4 heterocycles. The molecule has 4 saturated heterocycles. The van der Waals surface area contributed by atoms with E-state index < -0.39 is 35.0 Å². The van der Waals surface area contributed by atoms with Crippen molar-refractivity contribution in [2.24, 2.45) is 11.8 Å². The molecule has 1 N–H and O–H groups in total. The van der Waals surface area contributed by atoms with Crippen molar-refractivity contribution in [1.82, 2.24) is 0 Å². The predicted octanol–water partition coefficient (Wildman–Crippen LogP) is 3.71. The number of carbonyl (C=O) groups is 3. The molecule has 0 spiro atoms. The summed E-state index contributed by atoms with van der Waals surface area (Å²) in [6.07, 6.45) is 0.973. The number of nitriles is 1. The molecular formula is C32H29N3O6. The van der Waals surface area contributed by atoms with Crippen molar-refractivity contribution in [3.8, 4) is 11.8 Å². The second-order valence-electron chi connectivity index (χ2n) is 11.6. The second-order valence-corrected chi connectivity index (χ2v) is 11.6. The Kier molecular flexibility index (Phi) is 5.72. The molecule has 3 aromatic carbocycles. The smallest absolute Gasteiger partial charge is 0.240 e. The van der Waals surface area contributed by atoms with Gasteiger partial charge in [0.05, 0.1) is 47.5 Å². The molecule has 0 aliphatic carbocycles. The monoisotopic (exact) mass is 551 g/mol. The van der Waals surface area contributed by atoms with Crippen LogP contribution in [0.4, 0.5) is 11.4 Å². The first-order valence-electron chi connectivity index (χ1n) is 14.0. The molecule has 7 rings (SSSR count). The highest BCUT2D eigenvalue weighted by atomic mass is 16.6. The lowest BCUT2D eigenvalue weighted by molar-refractivity contribution is -0.134. The van der Waals surface area contributed by atoms with Crippen molar-refractivity contribution in [3.63, 3.8) is 0 Å². The fourth-order valence-corrected chi connectivity index (χ4v) is 7.44. The second kappa shape index (κ2) is 9.13. The third-order valence-corrected chi connectivity index (χ3v) is 9.37. The molecule has 5 atom stereocenters. The highest BCUT2D eigenvalue weighted by Crippen LogP contribution is 2.62. The molecule has 9 nitrogen and oxygen atoms in total. The summed E-state index contributed by atoms with van der Waals surface area (Å²) in [5.41, 5.74) is -0.594. The number of rotatable bonds is 6. The third kappa shape index (κ3) is 3.64. The standard InChI is InChI=1S/C32H29N3O6/c1-31-25(36)17-32(41-31,13-15-40-21-7-4-6-20(16-21)34-14-5-10-26(34)37)28-27(31)29(38)35(30(28)39)24-12-11-19(18-33)22-8-2-3-9-23(22)24/h2-4,6-9,11-12,16,25,27-28,36H,5,10,13-15,17H2,1H3/t25-,27-,28+,31-,32+/m0/s1. The summed E-state index contributed by atoms with van der Waals surface area (Å²) in [4.78, 5) is 43.2. The van der Waals surface area contributed by atoms with Crippen molar-refractivity contribution < 1.29 is 29.0 Å². The van der Waals surface area contributed by atoms with Gasteiger partial charge in [0.15, 0.2) is 0 Å². The van der Waals surface area contributed by atoms with E-state index in [1.165, 1.54) is 4.90 Å². The number of hydrogen-bond donors (Lipinski definition) is 1. The molecule has 4 fully saturated rings. The summed E-state index contributed by atoms with van der Waals surface area (Å²) in [5, 5.41) is 22.0. The molecule has 208 valence electrons. The molecular weight excluding hydrogens is 522 g/mol. The number of aliphatic hydroxyl groups is 1. The minimum atomic E-state index is -1.20. The Hall–Kier alpha value is -4.26. The molecule has 0 radical (unpaired) electrons. The molecule has 4 aliphatic heterocycles. The van der Waals surface area contributed by atoms with E-state index >= 15 is 0 Å². The van der Waals surface area contributed by atoms with Crippen LogP contribution in [0.25, 0.3) is 10.8 Å². The van der Waals surface area contributed by atoms with Gasteiger partial charge in [0, 0.05) is 48.3 Å². The van der Waals surface area contributed by atoms with Crippen LogP contribution >= 0.6 is 0 Å². The van der Waals surface area contributed by atoms with Gasteiger partial charge in [-0.1, -0.05) is 30.3 Å². The van der Waals surface area contributed by atoms with E-state index in [9.17, 15) is 24.8 Å². The SMILES string of the molecule is C[C@]12O[C@](CCOc3cccc(N4CCCC4=O)c3)(C[C@@H]1O)[C@H]1C(=O)N(c3ccc(C#N)c4ccccc34)C(=O)[C@H]12. The van der Waals surface area contributed by atoms with Crippen LogP contribution in [0, 0.1) is 23.2 Å². The number of amides is 3. The first-order chi connectivity index (χ1) is 19.8. The van der Waals surface area contributed by atoms with Crippen LogP contribution in [-0.2, 0) is 19.1 Å². The fraction of sp³-hybridized carbons (Fsp3) is 0.375. The van der Waals surface area contributed by atoms with Gasteiger partial charge in [-0.15, -0.1) is 0 Å². The summed E-state index contributed by atoms with van der Waals surface area (Å²) in [7, 11) is 0. The van der Waals surface area contributed by atoms with Crippen molar-refractivity contribution >= 4 is 39.9 Å². The van der Waals surface area contributed by atoms with E-state index in [0.29, 0.717) is 47.2 Å². The average Bonchev–Trinajstić information content (AvgIpc) is 3.66. The lowest BCUT2D eigenvalue weighted by Crippen LogP contribution is -2.49. The van der Waals surface area contributed by atoms with Crippen molar-refractivity contribution in [2.45, 2.75) is 49.9 Å². The number of aliphatic hydroxyl groups excluding tert-OH is 1. The van der Waals surface area contributed by atoms with Crippen LogP contribution in [0.3, 0.4) is 0 Å². The number of ether oxygens (including phenoxy) is 2. The molecule has 41 heavy (non-hydrogen) atoms. The number of nitrogens with zero attached hydrogens (tertiary/aromatic N) is 3. The van der Waals surface area contributed by atoms with Crippen LogP contribution in [0.2, 0.25) is 0 Å². The number of imide groups is 1. The zero-order valence-electron chi connectivity index (χ0n) is 22.6. The molecule has 0 saturated carbocycles. The van der Waals surface area contributed by atoms with Crippen molar-refractivity contribution in [3.05, 3.63) is 66.2 Å². The van der Waals surface area contributed by atoms with Gasteiger partial charge in [-0.3, -0.25) is 14.4 Å². The number of carbonyl (C=O) groups excluding carboxylic acids is 3. The third-order valence-electron chi connectivity index (χ3n) is 9.37. The van der Waals surface area contributed by atoms with Gasteiger partial charge in [0.25, 0.3) is 0 Å². The van der Waals surface area contributed by atoms with E-state index in [4.69, 9.17) is 9.47 Å². The van der Waals surface area contributed by atoms with Gasteiger partial charge in [0.2, 0.25) is 17.7 Å². The van der Waals surface area contributed by atoms with Crippen LogP contribution in [0.15, 0.2) is 60.7 Å². The molecule has 0 aromatic heterocycles. The number of benzene rings is 3. The fourth-order valence-electron chi connectivity index (χ4n) is 7.44. The normalized spacial score (nSPS) is 30.4. The summed E-state index contributed by atoms with van der Waals surface area (Å²) >= 11 is 0. The van der Waals surface area contributed by atoms with E-state index in [-0.39, 0.29) is 24.8 Å². The van der Waals surface area contributed by atoms with E-state index in [0.717, 1.165) is 12.1 Å². The maximum atomic E-state index is 14.1. The zero-order valence-corrected chi connectivity index (χ0v) is 22.6. The summed E-state index contributed by atoms with van der Waals surface area (Å²) in [6, 6.07) is 20.0. The number of fused-ring (bicyclic) bond motifs is 6. The van der Waals surface area contributed by atoms with Crippen LogP contribution in [0.1, 0.15) is 38.2 Å². The van der Waals surface area contributed by atoms with Gasteiger partial charge in [-0.05, 0) is 37.6 Å². The Morgan fingerprint density at radius 2 is 1.83 bits per heavy atom. The van der Waals surface area contributed by atoms with Gasteiger partial charge in [0.1, 0.15) is 11.4 Å². The molecule has 9 heteroatoms. The number of hydrogen-bond acceptors (Lipinski definition) is 7. The average molecular weight is 552 g/mol. The van der Waals surface area contributed by atoms with E-state index in [1.807, 2.05) is 36.4 Å². The quantitative estimate of drug-likeness (QED) is 0.464. The summed E-state index contributed by atoms with van der Waals surface area (Å²) < 4.78 is 12.5. The molecule has 0 unspecified atom stereocenters. The zero-order chi connectivity index (χ0) is 28.5. The molecule has 3 aromatic rings. The Balaban J connectivity index is 1.17. The summed E-state index contributed by atoms with van der Waals surface area (Å²) in [6.45, 7) is 2.59. The Morgan fingerprint density at radius 3 is 2.59 bits per heavy atom. The van der Waals surface area contributed by atoms with Crippen molar-refractivity contribution in [2.75, 3.05) is 23.0 Å². The first kappa shape index (κ1) is 25.7. The highest BCUT2D eigenvalue weighted by molar-refractivity contribution is 6.26. The first-order valence-corrected chi connectivity index (χ1v) is 14.0. The molecule has 4 aliphatic rings. The van der Waals surface area contributed by atoms with Crippen LogP contribution in [0.5, 0.6) is 5.75 Å². The minimum Gasteiger partial charge on any atom is -0.493 e. The number of anilines is 2. The summed E-state index contributed by atoms with van der Waals surface area (Å²) in [5.74, 6) is -1.68. The van der Waals surface area contributed by atoms with Gasteiger partial charge in [-0.25, -0.2) is 4.90 Å². The maximum absolute atomic E-state index is 14.1. The van der Waals surface area contributed by atoms with Crippen LogP contribution < -0.4 is 14.5 Å². The van der Waals surface area contributed by atoms with Gasteiger partial charge < -0.3 is 19.5 Å². The Bertz CT molecular complexity index is 1660. The predicted molar refractivity (Wildman–Crippen MR) is 149 cm³/mol. The lowest BCUT2D eigenvalue weighted by atomic mass is 9.66. The Morgan fingerprint density at radius 1 is 1.05 bits per heavy atom. The molecule has 2 bridgehead atoms. The molecule has 3 amide bonds. The minimum absolute atomic E-state index is 0.0923. The highest BCUT2D eigenvalue weighted by Gasteiger charge is 2.77. The maximum Gasteiger partial charge on any atom is 0.240 e.